The summed E-state index contributed by atoms with van der Waals surface area (Å²) in [5, 5.41) is 12.9. The molecule has 1 aliphatic rings. The lowest BCUT2D eigenvalue weighted by atomic mass is 9.81. The molecule has 1 aliphatic heterocycles. The summed E-state index contributed by atoms with van der Waals surface area (Å²) in [6.45, 7) is 6.91. The van der Waals surface area contributed by atoms with Crippen LogP contribution in [0.4, 0.5) is 0 Å². The Morgan fingerprint density at radius 2 is 2.32 bits per heavy atom. The van der Waals surface area contributed by atoms with Gasteiger partial charge in [0.05, 0.1) is 6.07 Å². The summed E-state index contributed by atoms with van der Waals surface area (Å²) in [5.41, 5.74) is -0.504. The molecule has 0 amide bonds. The van der Waals surface area contributed by atoms with Crippen molar-refractivity contribution in [1.29, 1.82) is 5.26 Å². The minimum Gasteiger partial charge on any atom is -0.367 e. The van der Waals surface area contributed by atoms with Gasteiger partial charge in [-0.1, -0.05) is 19.0 Å². The standard InChI is InChI=1S/C14H21N3O2/c1-4-13(2,7-8-15)10-11-16-12(17-19-11)14(3)6-5-9-18-14/h4-7,9-10H2,1-3H3. The summed E-state index contributed by atoms with van der Waals surface area (Å²) in [4.78, 5) is 4.47. The fourth-order valence-corrected chi connectivity index (χ4v) is 2.37. The highest BCUT2D eigenvalue weighted by atomic mass is 16.5. The molecular weight excluding hydrogens is 242 g/mol. The quantitative estimate of drug-likeness (QED) is 0.816. The second-order valence-corrected chi connectivity index (χ2v) is 5.87. The molecule has 0 aliphatic carbocycles. The highest BCUT2D eigenvalue weighted by Gasteiger charge is 2.37. The summed E-state index contributed by atoms with van der Waals surface area (Å²) in [6, 6.07) is 2.23. The Bertz CT molecular complexity index is 471. The van der Waals surface area contributed by atoms with Gasteiger partial charge in [0.2, 0.25) is 11.7 Å². The van der Waals surface area contributed by atoms with Crippen LogP contribution in [0.2, 0.25) is 0 Å². The van der Waals surface area contributed by atoms with Crippen molar-refractivity contribution < 1.29 is 9.26 Å². The van der Waals surface area contributed by atoms with E-state index < -0.39 is 5.60 Å². The number of nitriles is 1. The molecule has 2 unspecified atom stereocenters. The summed E-state index contributed by atoms with van der Waals surface area (Å²) in [6.07, 6.45) is 4.00. The third-order valence-electron chi connectivity index (χ3n) is 4.10. The fourth-order valence-electron chi connectivity index (χ4n) is 2.37. The van der Waals surface area contributed by atoms with Crippen molar-refractivity contribution in [2.45, 2.75) is 58.5 Å². The lowest BCUT2D eigenvalue weighted by Gasteiger charge is -2.22. The van der Waals surface area contributed by atoms with Crippen LogP contribution in [-0.2, 0) is 16.8 Å². The Morgan fingerprint density at radius 1 is 1.53 bits per heavy atom. The predicted molar refractivity (Wildman–Crippen MR) is 69.2 cm³/mol. The molecular formula is C14H21N3O2. The molecule has 2 heterocycles. The monoisotopic (exact) mass is 263 g/mol. The Kier molecular flexibility index (Phi) is 3.91. The lowest BCUT2D eigenvalue weighted by Crippen LogP contribution is -2.22. The first-order valence-electron chi connectivity index (χ1n) is 6.85. The maximum absolute atomic E-state index is 8.89. The Balaban J connectivity index is 2.11. The second kappa shape index (κ2) is 5.30. The molecule has 2 atom stereocenters. The molecule has 1 aromatic heterocycles. The van der Waals surface area contributed by atoms with Crippen molar-refractivity contribution in [2.75, 3.05) is 6.61 Å². The molecule has 2 rings (SSSR count). The van der Waals surface area contributed by atoms with Gasteiger partial charge in [-0.2, -0.15) is 10.2 Å². The molecule has 0 N–H and O–H groups in total. The normalized spacial score (nSPS) is 26.0. The van der Waals surface area contributed by atoms with Gasteiger partial charge in [0.1, 0.15) is 5.60 Å². The number of hydrogen-bond acceptors (Lipinski definition) is 5. The zero-order valence-corrected chi connectivity index (χ0v) is 11.9. The first kappa shape index (κ1) is 14.0. The summed E-state index contributed by atoms with van der Waals surface area (Å²) < 4.78 is 11.0. The van der Waals surface area contributed by atoms with Crippen LogP contribution in [0, 0.1) is 16.7 Å². The third kappa shape index (κ3) is 2.95. The van der Waals surface area contributed by atoms with Gasteiger partial charge in [-0.15, -0.1) is 0 Å². The van der Waals surface area contributed by atoms with Crippen molar-refractivity contribution in [1.82, 2.24) is 10.1 Å². The Morgan fingerprint density at radius 3 is 2.89 bits per heavy atom. The van der Waals surface area contributed by atoms with E-state index in [-0.39, 0.29) is 5.41 Å². The van der Waals surface area contributed by atoms with E-state index >= 15 is 0 Å². The van der Waals surface area contributed by atoms with Gasteiger partial charge in [-0.05, 0) is 31.6 Å². The van der Waals surface area contributed by atoms with E-state index in [0.717, 1.165) is 25.9 Å². The zero-order valence-electron chi connectivity index (χ0n) is 11.9. The molecule has 0 spiro atoms. The Labute approximate surface area is 113 Å². The van der Waals surface area contributed by atoms with Crippen LogP contribution in [0.5, 0.6) is 0 Å². The fraction of sp³-hybridized carbons (Fsp3) is 0.786. The number of nitrogens with zero attached hydrogens (tertiary/aromatic N) is 3. The van der Waals surface area contributed by atoms with E-state index in [9.17, 15) is 0 Å². The van der Waals surface area contributed by atoms with Crippen LogP contribution in [0.3, 0.4) is 0 Å². The van der Waals surface area contributed by atoms with Crippen molar-refractivity contribution in [2.24, 2.45) is 5.41 Å². The van der Waals surface area contributed by atoms with Crippen LogP contribution in [0.1, 0.15) is 58.2 Å². The molecule has 5 heteroatoms. The van der Waals surface area contributed by atoms with E-state index in [1.165, 1.54) is 0 Å². The largest absolute Gasteiger partial charge is 0.367 e. The molecule has 1 aromatic rings. The third-order valence-corrected chi connectivity index (χ3v) is 4.10. The van der Waals surface area contributed by atoms with Crippen molar-refractivity contribution in [3.63, 3.8) is 0 Å². The van der Waals surface area contributed by atoms with Crippen molar-refractivity contribution in [3.05, 3.63) is 11.7 Å². The summed E-state index contributed by atoms with van der Waals surface area (Å²) in [7, 11) is 0. The van der Waals surface area contributed by atoms with Crippen LogP contribution in [0.25, 0.3) is 0 Å². The van der Waals surface area contributed by atoms with Gasteiger partial charge in [-0.25, -0.2) is 0 Å². The molecule has 0 bridgehead atoms. The average Bonchev–Trinajstić information content (AvgIpc) is 3.00. The first-order chi connectivity index (χ1) is 9.01. The van der Waals surface area contributed by atoms with Gasteiger partial charge >= 0.3 is 0 Å². The van der Waals surface area contributed by atoms with Crippen LogP contribution >= 0.6 is 0 Å². The van der Waals surface area contributed by atoms with Crippen LogP contribution < -0.4 is 0 Å². The minimum absolute atomic E-state index is 0.101. The van der Waals surface area contributed by atoms with Crippen LogP contribution in [0.15, 0.2) is 4.52 Å². The average molecular weight is 263 g/mol. The SMILES string of the molecule is CCC(C)(CC#N)Cc1nc(C2(C)CCCO2)no1. The highest BCUT2D eigenvalue weighted by molar-refractivity contribution is 5.03. The van der Waals surface area contributed by atoms with Crippen LogP contribution in [-0.4, -0.2) is 16.7 Å². The second-order valence-electron chi connectivity index (χ2n) is 5.87. The van der Waals surface area contributed by atoms with E-state index in [1.54, 1.807) is 0 Å². The molecule has 5 nitrogen and oxygen atoms in total. The minimum atomic E-state index is -0.403. The van der Waals surface area contributed by atoms with Gasteiger partial charge in [0.25, 0.3) is 0 Å². The number of hydrogen-bond donors (Lipinski definition) is 0. The predicted octanol–water partition coefficient (Wildman–Crippen LogP) is 2.97. The Hall–Kier alpha value is -1.41. The highest BCUT2D eigenvalue weighted by Crippen LogP contribution is 2.35. The van der Waals surface area contributed by atoms with Gasteiger partial charge in [-0.3, -0.25) is 0 Å². The summed E-state index contributed by atoms with van der Waals surface area (Å²) >= 11 is 0. The molecule has 0 aromatic carbocycles. The lowest BCUT2D eigenvalue weighted by molar-refractivity contribution is 0.00768. The molecule has 0 saturated carbocycles. The maximum Gasteiger partial charge on any atom is 0.227 e. The van der Waals surface area contributed by atoms with Gasteiger partial charge < -0.3 is 9.26 Å². The van der Waals surface area contributed by atoms with E-state index in [4.69, 9.17) is 14.5 Å². The number of rotatable bonds is 5. The first-order valence-corrected chi connectivity index (χ1v) is 6.85. The molecule has 0 radical (unpaired) electrons. The smallest absolute Gasteiger partial charge is 0.227 e. The van der Waals surface area contributed by atoms with E-state index in [0.29, 0.717) is 24.6 Å². The molecule has 1 fully saturated rings. The topological polar surface area (TPSA) is 71.9 Å². The maximum atomic E-state index is 8.89. The molecule has 1 saturated heterocycles. The van der Waals surface area contributed by atoms with Gasteiger partial charge in [0, 0.05) is 19.4 Å². The van der Waals surface area contributed by atoms with E-state index in [1.807, 2.05) is 6.92 Å². The van der Waals surface area contributed by atoms with Crippen molar-refractivity contribution >= 4 is 0 Å². The van der Waals surface area contributed by atoms with Crippen molar-refractivity contribution in [3.8, 4) is 6.07 Å². The number of aromatic nitrogens is 2. The zero-order chi connectivity index (χ0) is 13.9. The van der Waals surface area contributed by atoms with Gasteiger partial charge in [0.15, 0.2) is 0 Å². The molecule has 19 heavy (non-hydrogen) atoms. The summed E-state index contributed by atoms with van der Waals surface area (Å²) in [5.74, 6) is 1.24. The molecule has 104 valence electrons. The van der Waals surface area contributed by atoms with E-state index in [2.05, 4.69) is 30.1 Å². The number of ether oxygens (including phenoxy) is 1.